The largest absolute Gasteiger partial charge is 0.335 e. The van der Waals surface area contributed by atoms with E-state index < -0.39 is 0 Å². The number of carbonyl (C=O) groups excluding carboxylic acids is 1. The molecule has 4 nitrogen and oxygen atoms in total. The maximum atomic E-state index is 13.0. The van der Waals surface area contributed by atoms with Gasteiger partial charge in [-0.15, -0.1) is 11.3 Å². The summed E-state index contributed by atoms with van der Waals surface area (Å²) in [5.41, 5.74) is 3.28. The van der Waals surface area contributed by atoms with Gasteiger partial charge >= 0.3 is 0 Å². The third-order valence-corrected chi connectivity index (χ3v) is 6.31. The van der Waals surface area contributed by atoms with Crippen LogP contribution in [0.2, 0.25) is 0 Å². The molecule has 0 unspecified atom stereocenters. The first kappa shape index (κ1) is 19.1. The van der Waals surface area contributed by atoms with Crippen LogP contribution in [0.25, 0.3) is 10.6 Å². The van der Waals surface area contributed by atoms with E-state index in [9.17, 15) is 4.79 Å². The van der Waals surface area contributed by atoms with Gasteiger partial charge in [0.15, 0.2) is 0 Å². The zero-order valence-electron chi connectivity index (χ0n) is 16.5. The lowest BCUT2D eigenvalue weighted by atomic mass is 9.98. The van der Waals surface area contributed by atoms with E-state index in [1.807, 2.05) is 17.9 Å². The van der Waals surface area contributed by atoms with Crippen molar-refractivity contribution in [1.82, 2.24) is 14.8 Å². The van der Waals surface area contributed by atoms with Gasteiger partial charge in [0.1, 0.15) is 9.88 Å². The molecule has 140 valence electrons. The summed E-state index contributed by atoms with van der Waals surface area (Å²) in [6.07, 6.45) is 0. The van der Waals surface area contributed by atoms with Gasteiger partial charge in [-0.1, -0.05) is 38.1 Å². The molecule has 26 heavy (non-hydrogen) atoms. The fraction of sp³-hybridized carbons (Fsp3) is 0.524. The van der Waals surface area contributed by atoms with Gasteiger partial charge < -0.3 is 4.90 Å². The van der Waals surface area contributed by atoms with Gasteiger partial charge in [-0.3, -0.25) is 9.69 Å². The minimum Gasteiger partial charge on any atom is -0.335 e. The molecule has 5 heteroatoms. The maximum absolute atomic E-state index is 13.0. The van der Waals surface area contributed by atoms with Crippen molar-refractivity contribution in [3.63, 3.8) is 0 Å². The van der Waals surface area contributed by atoms with Crippen LogP contribution in [0.3, 0.4) is 0 Å². The number of aromatic nitrogens is 1. The summed E-state index contributed by atoms with van der Waals surface area (Å²) in [7, 11) is 0. The van der Waals surface area contributed by atoms with Crippen LogP contribution in [-0.4, -0.2) is 52.9 Å². The van der Waals surface area contributed by atoms with Crippen LogP contribution < -0.4 is 0 Å². The third-order valence-electron chi connectivity index (χ3n) is 5.14. The van der Waals surface area contributed by atoms with Gasteiger partial charge in [-0.2, -0.15) is 0 Å². The Morgan fingerprint density at radius 3 is 2.35 bits per heavy atom. The van der Waals surface area contributed by atoms with Crippen molar-refractivity contribution < 1.29 is 4.79 Å². The second-order valence-corrected chi connectivity index (χ2v) is 8.60. The van der Waals surface area contributed by atoms with Crippen LogP contribution in [0, 0.1) is 6.92 Å². The average molecular weight is 372 g/mol. The van der Waals surface area contributed by atoms with Crippen molar-refractivity contribution in [1.29, 1.82) is 0 Å². The molecule has 1 fully saturated rings. The highest BCUT2D eigenvalue weighted by atomic mass is 32.1. The number of rotatable bonds is 4. The summed E-state index contributed by atoms with van der Waals surface area (Å²) in [6.45, 7) is 14.3. The van der Waals surface area contributed by atoms with Crippen LogP contribution in [0.4, 0.5) is 0 Å². The molecule has 2 aromatic rings. The summed E-state index contributed by atoms with van der Waals surface area (Å²) in [5.74, 6) is 0.565. The quantitative estimate of drug-likeness (QED) is 0.799. The highest BCUT2D eigenvalue weighted by molar-refractivity contribution is 7.17. The number of hydrogen-bond donors (Lipinski definition) is 0. The Morgan fingerprint density at radius 1 is 1.08 bits per heavy atom. The Hall–Kier alpha value is -1.72. The first-order valence-corrected chi connectivity index (χ1v) is 10.3. The molecule has 1 amide bonds. The number of aryl methyl sites for hydroxylation is 1. The number of nitrogens with zero attached hydrogens (tertiary/aromatic N) is 3. The molecule has 1 saturated heterocycles. The van der Waals surface area contributed by atoms with Crippen LogP contribution in [0.15, 0.2) is 24.3 Å². The molecule has 0 spiro atoms. The molecule has 2 heterocycles. The van der Waals surface area contributed by atoms with Crippen LogP contribution in [-0.2, 0) is 0 Å². The molecule has 1 aromatic heterocycles. The highest BCUT2D eigenvalue weighted by Crippen LogP contribution is 2.34. The molecule has 1 aromatic carbocycles. The third kappa shape index (κ3) is 3.84. The predicted octanol–water partition coefficient (Wildman–Crippen LogP) is 4.41. The zero-order chi connectivity index (χ0) is 18.8. The fourth-order valence-corrected chi connectivity index (χ4v) is 4.57. The summed E-state index contributed by atoms with van der Waals surface area (Å²) in [5, 5.41) is 0.955. The number of hydrogen-bond acceptors (Lipinski definition) is 4. The Balaban J connectivity index is 1.82. The second-order valence-electron chi connectivity index (χ2n) is 7.60. The van der Waals surface area contributed by atoms with E-state index in [0.29, 0.717) is 12.0 Å². The molecular formula is C21H29N3OS. The van der Waals surface area contributed by atoms with Crippen molar-refractivity contribution in [3.8, 4) is 10.6 Å². The Kier molecular flexibility index (Phi) is 5.78. The maximum Gasteiger partial charge on any atom is 0.265 e. The molecule has 0 saturated carbocycles. The summed E-state index contributed by atoms with van der Waals surface area (Å²) >= 11 is 1.54. The molecule has 0 bridgehead atoms. The minimum atomic E-state index is 0.136. The molecule has 1 aliphatic rings. The lowest BCUT2D eigenvalue weighted by molar-refractivity contribution is 0.0599. The average Bonchev–Trinajstić information content (AvgIpc) is 3.02. The molecule has 3 rings (SSSR count). The lowest BCUT2D eigenvalue weighted by Crippen LogP contribution is -2.50. The van der Waals surface area contributed by atoms with Crippen LogP contribution in [0.5, 0.6) is 0 Å². The van der Waals surface area contributed by atoms with E-state index in [0.717, 1.165) is 47.3 Å². The van der Waals surface area contributed by atoms with E-state index in [-0.39, 0.29) is 5.91 Å². The lowest BCUT2D eigenvalue weighted by Gasteiger charge is -2.36. The van der Waals surface area contributed by atoms with Crippen molar-refractivity contribution in [2.75, 3.05) is 26.2 Å². The van der Waals surface area contributed by atoms with E-state index >= 15 is 0 Å². The molecule has 0 aliphatic carbocycles. The van der Waals surface area contributed by atoms with Gasteiger partial charge in [0.2, 0.25) is 0 Å². The Bertz CT molecular complexity index is 773. The second kappa shape index (κ2) is 7.89. The molecule has 1 aliphatic heterocycles. The van der Waals surface area contributed by atoms with E-state index in [2.05, 4.69) is 50.8 Å². The van der Waals surface area contributed by atoms with Crippen molar-refractivity contribution in [2.24, 2.45) is 0 Å². The topological polar surface area (TPSA) is 36.4 Å². The van der Waals surface area contributed by atoms with Gasteiger partial charge in [-0.25, -0.2) is 4.98 Å². The van der Waals surface area contributed by atoms with E-state index in [1.54, 1.807) is 0 Å². The van der Waals surface area contributed by atoms with Crippen molar-refractivity contribution >= 4 is 17.2 Å². The monoisotopic (exact) mass is 371 g/mol. The molecular weight excluding hydrogens is 342 g/mol. The number of carbonyl (C=O) groups is 1. The van der Waals surface area contributed by atoms with Gasteiger partial charge in [-0.05, 0) is 32.3 Å². The Labute approximate surface area is 160 Å². The smallest absolute Gasteiger partial charge is 0.265 e. The molecule has 0 atom stereocenters. The van der Waals surface area contributed by atoms with Crippen LogP contribution >= 0.6 is 11.3 Å². The summed E-state index contributed by atoms with van der Waals surface area (Å²) in [6, 6.07) is 8.92. The molecule has 0 N–H and O–H groups in total. The Morgan fingerprint density at radius 2 is 1.73 bits per heavy atom. The standard InChI is InChI=1S/C21H29N3OS/c1-14(2)17-8-6-7-9-18(17)20-22-16(5)19(26-20)21(25)24-12-10-23(11-13-24)15(3)4/h6-9,14-15H,10-13H2,1-5H3. The first-order valence-electron chi connectivity index (χ1n) is 9.48. The van der Waals surface area contributed by atoms with Gasteiger partial charge in [0, 0.05) is 37.8 Å². The number of benzene rings is 1. The predicted molar refractivity (Wildman–Crippen MR) is 109 cm³/mol. The minimum absolute atomic E-state index is 0.136. The first-order chi connectivity index (χ1) is 12.4. The number of amides is 1. The number of thiazole rings is 1. The summed E-state index contributed by atoms with van der Waals surface area (Å²) in [4.78, 5) is 23.0. The number of piperazine rings is 1. The normalized spacial score (nSPS) is 15.9. The SMILES string of the molecule is Cc1nc(-c2ccccc2C(C)C)sc1C(=O)N1CCN(C(C)C)CC1. The van der Waals surface area contributed by atoms with Crippen LogP contribution in [0.1, 0.15) is 54.5 Å². The van der Waals surface area contributed by atoms with E-state index in [4.69, 9.17) is 4.98 Å². The van der Waals surface area contributed by atoms with Crippen molar-refractivity contribution in [2.45, 2.75) is 46.6 Å². The van der Waals surface area contributed by atoms with Gasteiger partial charge in [0.05, 0.1) is 5.69 Å². The summed E-state index contributed by atoms with van der Waals surface area (Å²) < 4.78 is 0. The molecule has 0 radical (unpaired) electrons. The van der Waals surface area contributed by atoms with Crippen molar-refractivity contribution in [3.05, 3.63) is 40.4 Å². The fourth-order valence-electron chi connectivity index (χ4n) is 3.49. The highest BCUT2D eigenvalue weighted by Gasteiger charge is 2.26. The van der Waals surface area contributed by atoms with E-state index in [1.165, 1.54) is 16.9 Å². The zero-order valence-corrected chi connectivity index (χ0v) is 17.3. The van der Waals surface area contributed by atoms with Gasteiger partial charge in [0.25, 0.3) is 5.91 Å².